The third-order valence-corrected chi connectivity index (χ3v) is 3.32. The molecule has 0 saturated carbocycles. The summed E-state index contributed by atoms with van der Waals surface area (Å²) in [5, 5.41) is 7.26. The number of amides is 2. The Balaban J connectivity index is 2.25. The number of carbonyl (C=O) groups excluding carboxylic acids is 1. The number of ether oxygens (including phenoxy) is 2. The molecule has 0 spiro atoms. The van der Waals surface area contributed by atoms with E-state index in [4.69, 9.17) is 9.47 Å². The molecule has 0 unspecified atom stereocenters. The van der Waals surface area contributed by atoms with Gasteiger partial charge in [0.2, 0.25) is 0 Å². The highest BCUT2D eigenvalue weighted by Crippen LogP contribution is 2.28. The first-order chi connectivity index (χ1) is 10.9. The fourth-order valence-electron chi connectivity index (χ4n) is 2.14. The number of hydrogen-bond donors (Lipinski definition) is 1. The Kier molecular flexibility index (Phi) is 5.10. The third-order valence-electron chi connectivity index (χ3n) is 3.32. The van der Waals surface area contributed by atoms with Gasteiger partial charge in [-0.15, -0.1) is 0 Å². The molecular formula is C16H22N4O3. The lowest BCUT2D eigenvalue weighted by molar-refractivity contribution is 0.230. The number of aryl methyl sites for hydroxylation is 1. The SMILES string of the molecule is COc1ccc(Cn2nc(C)cc2NC(=O)N(C)C)cc1OC. The molecule has 0 fully saturated rings. The molecule has 23 heavy (non-hydrogen) atoms. The van der Waals surface area contributed by atoms with Gasteiger partial charge in [-0.25, -0.2) is 9.48 Å². The van der Waals surface area contributed by atoms with E-state index < -0.39 is 0 Å². The van der Waals surface area contributed by atoms with Crippen molar-refractivity contribution < 1.29 is 14.3 Å². The second kappa shape index (κ2) is 7.04. The van der Waals surface area contributed by atoms with Gasteiger partial charge < -0.3 is 14.4 Å². The molecule has 1 heterocycles. The number of carbonyl (C=O) groups is 1. The summed E-state index contributed by atoms with van der Waals surface area (Å²) >= 11 is 0. The molecule has 2 rings (SSSR count). The molecule has 0 atom stereocenters. The maximum Gasteiger partial charge on any atom is 0.322 e. The molecule has 0 bridgehead atoms. The smallest absolute Gasteiger partial charge is 0.322 e. The first kappa shape index (κ1) is 16.7. The van der Waals surface area contributed by atoms with Crippen LogP contribution in [0.25, 0.3) is 0 Å². The van der Waals surface area contributed by atoms with Crippen LogP contribution in [-0.4, -0.2) is 49.0 Å². The lowest BCUT2D eigenvalue weighted by Crippen LogP contribution is -2.28. The van der Waals surface area contributed by atoms with Crippen LogP contribution < -0.4 is 14.8 Å². The van der Waals surface area contributed by atoms with Crippen molar-refractivity contribution in [2.24, 2.45) is 0 Å². The highest BCUT2D eigenvalue weighted by atomic mass is 16.5. The molecule has 7 nitrogen and oxygen atoms in total. The van der Waals surface area contributed by atoms with Crippen LogP contribution in [0.3, 0.4) is 0 Å². The molecule has 7 heteroatoms. The average molecular weight is 318 g/mol. The maximum atomic E-state index is 11.8. The summed E-state index contributed by atoms with van der Waals surface area (Å²) in [5.41, 5.74) is 1.82. The molecular weight excluding hydrogens is 296 g/mol. The summed E-state index contributed by atoms with van der Waals surface area (Å²) in [5.74, 6) is 1.98. The van der Waals surface area contributed by atoms with Crippen molar-refractivity contribution in [1.82, 2.24) is 14.7 Å². The van der Waals surface area contributed by atoms with Crippen molar-refractivity contribution in [2.75, 3.05) is 33.6 Å². The number of methoxy groups -OCH3 is 2. The first-order valence-corrected chi connectivity index (χ1v) is 7.18. The van der Waals surface area contributed by atoms with Gasteiger partial charge in [0, 0.05) is 20.2 Å². The topological polar surface area (TPSA) is 68.6 Å². The van der Waals surface area contributed by atoms with Crippen molar-refractivity contribution in [3.05, 3.63) is 35.5 Å². The molecule has 124 valence electrons. The number of hydrogen-bond acceptors (Lipinski definition) is 4. The number of aromatic nitrogens is 2. The summed E-state index contributed by atoms with van der Waals surface area (Å²) in [6.45, 7) is 2.40. The van der Waals surface area contributed by atoms with Gasteiger partial charge in [0.05, 0.1) is 26.5 Å². The van der Waals surface area contributed by atoms with Crippen LogP contribution in [-0.2, 0) is 6.54 Å². The average Bonchev–Trinajstić information content (AvgIpc) is 2.86. The van der Waals surface area contributed by atoms with E-state index in [1.165, 1.54) is 4.90 Å². The van der Waals surface area contributed by atoms with E-state index >= 15 is 0 Å². The number of rotatable bonds is 5. The van der Waals surface area contributed by atoms with Crippen LogP contribution in [0.1, 0.15) is 11.3 Å². The van der Waals surface area contributed by atoms with Crippen LogP contribution in [0.2, 0.25) is 0 Å². The molecule has 0 aliphatic carbocycles. The third kappa shape index (κ3) is 3.94. The Morgan fingerprint density at radius 1 is 1.22 bits per heavy atom. The minimum atomic E-state index is -0.196. The summed E-state index contributed by atoms with van der Waals surface area (Å²) in [6.07, 6.45) is 0. The van der Waals surface area contributed by atoms with Gasteiger partial charge in [-0.2, -0.15) is 5.10 Å². The summed E-state index contributed by atoms with van der Waals surface area (Å²) < 4.78 is 12.3. The van der Waals surface area contributed by atoms with Gasteiger partial charge in [-0.1, -0.05) is 6.07 Å². The van der Waals surface area contributed by atoms with Crippen molar-refractivity contribution >= 4 is 11.8 Å². The molecule has 0 radical (unpaired) electrons. The van der Waals surface area contributed by atoms with Crippen LogP contribution in [0.15, 0.2) is 24.3 Å². The van der Waals surface area contributed by atoms with Gasteiger partial charge in [-0.05, 0) is 24.6 Å². The number of nitrogens with zero attached hydrogens (tertiary/aromatic N) is 3. The van der Waals surface area contributed by atoms with E-state index in [2.05, 4.69) is 10.4 Å². The zero-order valence-electron chi connectivity index (χ0n) is 14.1. The maximum absolute atomic E-state index is 11.8. The number of benzene rings is 1. The molecule has 0 aliphatic heterocycles. The van der Waals surface area contributed by atoms with Gasteiger partial charge in [0.1, 0.15) is 5.82 Å². The first-order valence-electron chi connectivity index (χ1n) is 7.18. The number of anilines is 1. The summed E-state index contributed by atoms with van der Waals surface area (Å²) in [4.78, 5) is 13.3. The molecule has 2 aromatic rings. The van der Waals surface area contributed by atoms with Crippen LogP contribution in [0.5, 0.6) is 11.5 Å². The fraction of sp³-hybridized carbons (Fsp3) is 0.375. The minimum absolute atomic E-state index is 0.196. The lowest BCUT2D eigenvalue weighted by Gasteiger charge is -2.14. The van der Waals surface area contributed by atoms with Crippen molar-refractivity contribution in [2.45, 2.75) is 13.5 Å². The Hall–Kier alpha value is -2.70. The van der Waals surface area contributed by atoms with Crippen molar-refractivity contribution in [3.63, 3.8) is 0 Å². The van der Waals surface area contributed by atoms with E-state index in [-0.39, 0.29) is 6.03 Å². The zero-order valence-corrected chi connectivity index (χ0v) is 14.1. The lowest BCUT2D eigenvalue weighted by atomic mass is 10.2. The Labute approximate surface area is 135 Å². The number of nitrogens with one attached hydrogen (secondary N) is 1. The second-order valence-electron chi connectivity index (χ2n) is 5.34. The van der Waals surface area contributed by atoms with Crippen LogP contribution in [0.4, 0.5) is 10.6 Å². The van der Waals surface area contributed by atoms with E-state index in [1.54, 1.807) is 33.0 Å². The standard InChI is InChI=1S/C16H22N4O3/c1-11-8-15(17-16(21)19(2)3)20(18-11)10-12-6-7-13(22-4)14(9-12)23-5/h6-9H,10H2,1-5H3,(H,17,21). The quantitative estimate of drug-likeness (QED) is 0.919. The van der Waals surface area contributed by atoms with Gasteiger partial charge in [0.25, 0.3) is 0 Å². The van der Waals surface area contributed by atoms with Gasteiger partial charge >= 0.3 is 6.03 Å². The van der Waals surface area contributed by atoms with E-state index in [9.17, 15) is 4.79 Å². The monoisotopic (exact) mass is 318 g/mol. The van der Waals surface area contributed by atoms with Crippen LogP contribution >= 0.6 is 0 Å². The summed E-state index contributed by atoms with van der Waals surface area (Å²) in [7, 11) is 6.58. The predicted octanol–water partition coefficient (Wildman–Crippen LogP) is 2.35. The molecule has 2 amide bonds. The fourth-order valence-corrected chi connectivity index (χ4v) is 2.14. The van der Waals surface area contributed by atoms with Gasteiger partial charge in [0.15, 0.2) is 11.5 Å². The zero-order chi connectivity index (χ0) is 17.0. The Morgan fingerprint density at radius 3 is 2.52 bits per heavy atom. The van der Waals surface area contributed by atoms with Gasteiger partial charge in [-0.3, -0.25) is 5.32 Å². The summed E-state index contributed by atoms with van der Waals surface area (Å²) in [6, 6.07) is 7.33. The molecule has 1 aromatic heterocycles. The van der Waals surface area contributed by atoms with E-state index in [1.807, 2.05) is 31.2 Å². The normalized spacial score (nSPS) is 10.3. The minimum Gasteiger partial charge on any atom is -0.493 e. The highest BCUT2D eigenvalue weighted by Gasteiger charge is 2.12. The molecule has 0 saturated heterocycles. The Morgan fingerprint density at radius 2 is 1.91 bits per heavy atom. The van der Waals surface area contributed by atoms with Crippen molar-refractivity contribution in [1.29, 1.82) is 0 Å². The van der Waals surface area contributed by atoms with E-state index in [0.717, 1.165) is 11.3 Å². The Bertz CT molecular complexity index is 695. The molecule has 1 N–H and O–H groups in total. The second-order valence-corrected chi connectivity index (χ2v) is 5.34. The van der Waals surface area contributed by atoms with Crippen LogP contribution in [0, 0.1) is 6.92 Å². The molecule has 1 aromatic carbocycles. The predicted molar refractivity (Wildman–Crippen MR) is 88.3 cm³/mol. The number of urea groups is 1. The largest absolute Gasteiger partial charge is 0.493 e. The highest BCUT2D eigenvalue weighted by molar-refractivity contribution is 5.88. The van der Waals surface area contributed by atoms with Crippen molar-refractivity contribution in [3.8, 4) is 11.5 Å². The van der Waals surface area contributed by atoms with E-state index in [0.29, 0.717) is 23.9 Å². The molecule has 0 aliphatic rings.